The Morgan fingerprint density at radius 1 is 1.00 bits per heavy atom. The summed E-state index contributed by atoms with van der Waals surface area (Å²) in [6.07, 6.45) is 1.41. The smallest absolute Gasteiger partial charge is 0.253 e. The van der Waals surface area contributed by atoms with Gasteiger partial charge in [0.05, 0.1) is 0 Å². The van der Waals surface area contributed by atoms with Crippen LogP contribution in [0.1, 0.15) is 48.2 Å². The van der Waals surface area contributed by atoms with Crippen LogP contribution < -0.4 is 5.32 Å². The van der Waals surface area contributed by atoms with Crippen LogP contribution in [0.25, 0.3) is 0 Å². The summed E-state index contributed by atoms with van der Waals surface area (Å²) in [5.41, 5.74) is 3.13. The van der Waals surface area contributed by atoms with E-state index < -0.39 is 0 Å². The molecule has 2 amide bonds. The van der Waals surface area contributed by atoms with Crippen LogP contribution in [0.5, 0.6) is 0 Å². The van der Waals surface area contributed by atoms with Gasteiger partial charge in [0.1, 0.15) is 0 Å². The topological polar surface area (TPSA) is 52.7 Å². The maximum Gasteiger partial charge on any atom is 0.253 e. The minimum atomic E-state index is -0.0380. The van der Waals surface area contributed by atoms with Crippen LogP contribution in [0.15, 0.2) is 53.0 Å². The van der Waals surface area contributed by atoms with Crippen molar-refractivity contribution >= 4 is 27.7 Å². The second-order valence-corrected chi connectivity index (χ2v) is 8.94. The van der Waals surface area contributed by atoms with E-state index in [0.29, 0.717) is 38.0 Å². The summed E-state index contributed by atoms with van der Waals surface area (Å²) in [5, 5.41) is 3.13. The highest BCUT2D eigenvalue weighted by molar-refractivity contribution is 9.10. The van der Waals surface area contributed by atoms with Crippen LogP contribution in [-0.4, -0.2) is 47.8 Å². The average Bonchev–Trinajstić information content (AvgIpc) is 2.81. The summed E-state index contributed by atoms with van der Waals surface area (Å²) in [5.74, 6) is 0.0917. The second kappa shape index (κ2) is 11.4. The van der Waals surface area contributed by atoms with Crippen LogP contribution in [0.4, 0.5) is 0 Å². The number of hydrogen-bond donors (Lipinski definition) is 1. The molecule has 6 heteroatoms. The number of likely N-dealkylation sites (tertiary alicyclic amines) is 1. The van der Waals surface area contributed by atoms with Crippen molar-refractivity contribution in [1.29, 1.82) is 0 Å². The van der Waals surface area contributed by atoms with E-state index >= 15 is 0 Å². The molecule has 0 spiro atoms. The molecule has 0 unspecified atom stereocenters. The van der Waals surface area contributed by atoms with Crippen LogP contribution >= 0.6 is 15.9 Å². The summed E-state index contributed by atoms with van der Waals surface area (Å²) in [6, 6.07) is 15.8. The van der Waals surface area contributed by atoms with Gasteiger partial charge in [-0.25, -0.2) is 0 Å². The van der Waals surface area contributed by atoms with Gasteiger partial charge in [0.15, 0.2) is 0 Å². The minimum absolute atomic E-state index is 0.0380. The lowest BCUT2D eigenvalue weighted by Crippen LogP contribution is -2.43. The van der Waals surface area contributed by atoms with E-state index in [1.54, 1.807) is 0 Å². The highest BCUT2D eigenvalue weighted by atomic mass is 79.9. The molecule has 2 aromatic carbocycles. The van der Waals surface area contributed by atoms with E-state index in [-0.39, 0.29) is 17.7 Å². The van der Waals surface area contributed by atoms with Gasteiger partial charge in [-0.15, -0.1) is 0 Å². The lowest BCUT2D eigenvalue weighted by molar-refractivity contribution is -0.126. The fraction of sp³-hybridized carbons (Fsp3) is 0.440. The van der Waals surface area contributed by atoms with Crippen molar-refractivity contribution in [3.63, 3.8) is 0 Å². The number of carbonyl (C=O) groups is 2. The first-order valence-electron chi connectivity index (χ1n) is 11.1. The minimum Gasteiger partial charge on any atom is -0.352 e. The van der Waals surface area contributed by atoms with Gasteiger partial charge in [0, 0.05) is 42.1 Å². The molecule has 166 valence electrons. The lowest BCUT2D eigenvalue weighted by atomic mass is 9.95. The highest BCUT2D eigenvalue weighted by Gasteiger charge is 2.27. The number of piperidine rings is 1. The number of nitrogens with one attached hydrogen (secondary N) is 1. The number of rotatable bonds is 8. The number of amides is 2. The van der Waals surface area contributed by atoms with E-state index in [9.17, 15) is 9.59 Å². The molecule has 0 bridgehead atoms. The van der Waals surface area contributed by atoms with Crippen molar-refractivity contribution in [1.82, 2.24) is 15.1 Å². The van der Waals surface area contributed by atoms with Crippen LogP contribution in [0.3, 0.4) is 0 Å². The van der Waals surface area contributed by atoms with Gasteiger partial charge in [0.2, 0.25) is 5.91 Å². The van der Waals surface area contributed by atoms with Gasteiger partial charge in [-0.1, -0.05) is 54.0 Å². The lowest BCUT2D eigenvalue weighted by Gasteiger charge is -2.31. The largest absolute Gasteiger partial charge is 0.352 e. The molecular formula is C25H32BrN3O2. The summed E-state index contributed by atoms with van der Waals surface area (Å²) >= 11 is 3.40. The third-order valence-corrected chi connectivity index (χ3v) is 6.63. The Hall–Kier alpha value is -2.18. The fourth-order valence-electron chi connectivity index (χ4n) is 4.02. The number of carbonyl (C=O) groups excluding carboxylic acids is 2. The Balaban J connectivity index is 1.51. The average molecular weight is 486 g/mol. The molecule has 0 aromatic heterocycles. The van der Waals surface area contributed by atoms with Crippen molar-refractivity contribution in [2.75, 3.05) is 26.2 Å². The Morgan fingerprint density at radius 3 is 2.23 bits per heavy atom. The second-order valence-electron chi connectivity index (χ2n) is 8.02. The summed E-state index contributed by atoms with van der Waals surface area (Å²) < 4.78 is 0.957. The molecule has 1 N–H and O–H groups in total. The molecule has 31 heavy (non-hydrogen) atoms. The molecule has 1 saturated heterocycles. The fourth-order valence-corrected chi connectivity index (χ4v) is 4.28. The molecule has 1 aliphatic rings. The molecule has 0 atom stereocenters. The van der Waals surface area contributed by atoms with Gasteiger partial charge < -0.3 is 10.2 Å². The number of nitrogens with zero attached hydrogens (tertiary/aromatic N) is 2. The van der Waals surface area contributed by atoms with E-state index in [2.05, 4.69) is 58.2 Å². The van der Waals surface area contributed by atoms with Crippen molar-refractivity contribution in [2.24, 2.45) is 5.92 Å². The van der Waals surface area contributed by atoms with Crippen LogP contribution in [-0.2, 0) is 17.9 Å². The molecule has 3 rings (SSSR count). The standard InChI is InChI=1S/C25H32BrN3O2/c1-3-28(4-2)18-22-8-6-5-7-21(22)17-27-24(30)19-13-15-29(16-14-19)25(31)20-9-11-23(26)12-10-20/h5-12,19H,3-4,13-18H2,1-2H3,(H,27,30). The van der Waals surface area contributed by atoms with Crippen LogP contribution in [0, 0.1) is 5.92 Å². The number of benzene rings is 2. The first kappa shape index (κ1) is 23.5. The molecule has 0 radical (unpaired) electrons. The van der Waals surface area contributed by atoms with Crippen molar-refractivity contribution in [2.45, 2.75) is 39.8 Å². The monoisotopic (exact) mass is 485 g/mol. The Morgan fingerprint density at radius 2 is 1.61 bits per heavy atom. The Kier molecular flexibility index (Phi) is 8.67. The first-order chi connectivity index (χ1) is 15.0. The van der Waals surface area contributed by atoms with E-state index in [1.807, 2.05) is 35.2 Å². The number of hydrogen-bond acceptors (Lipinski definition) is 3. The highest BCUT2D eigenvalue weighted by Crippen LogP contribution is 2.21. The predicted molar refractivity (Wildman–Crippen MR) is 128 cm³/mol. The molecular weight excluding hydrogens is 454 g/mol. The van der Waals surface area contributed by atoms with Gasteiger partial charge in [-0.3, -0.25) is 14.5 Å². The van der Waals surface area contributed by atoms with E-state index in [4.69, 9.17) is 0 Å². The normalized spacial score (nSPS) is 14.6. The molecule has 2 aromatic rings. The predicted octanol–water partition coefficient (Wildman–Crippen LogP) is 4.46. The zero-order valence-corrected chi connectivity index (χ0v) is 20.0. The third-order valence-electron chi connectivity index (χ3n) is 6.10. The summed E-state index contributed by atoms with van der Waals surface area (Å²) in [7, 11) is 0. The van der Waals surface area contributed by atoms with Gasteiger partial charge in [-0.2, -0.15) is 0 Å². The zero-order chi connectivity index (χ0) is 22.2. The zero-order valence-electron chi connectivity index (χ0n) is 18.4. The summed E-state index contributed by atoms with van der Waals surface area (Å²) in [4.78, 5) is 29.7. The van der Waals surface area contributed by atoms with Crippen molar-refractivity contribution in [3.8, 4) is 0 Å². The van der Waals surface area contributed by atoms with Crippen LogP contribution in [0.2, 0.25) is 0 Å². The van der Waals surface area contributed by atoms with Gasteiger partial charge in [-0.05, 0) is 61.3 Å². The molecule has 0 aliphatic carbocycles. The van der Waals surface area contributed by atoms with Crippen molar-refractivity contribution < 1.29 is 9.59 Å². The maximum absolute atomic E-state index is 12.8. The maximum atomic E-state index is 12.8. The van der Waals surface area contributed by atoms with Gasteiger partial charge in [0.25, 0.3) is 5.91 Å². The SMILES string of the molecule is CCN(CC)Cc1ccccc1CNC(=O)C1CCN(C(=O)c2ccc(Br)cc2)CC1. The Bertz CT molecular complexity index is 873. The quantitative estimate of drug-likeness (QED) is 0.600. The Labute approximate surface area is 193 Å². The molecule has 0 saturated carbocycles. The van der Waals surface area contributed by atoms with Gasteiger partial charge >= 0.3 is 0 Å². The van der Waals surface area contributed by atoms with E-state index in [1.165, 1.54) is 11.1 Å². The molecule has 5 nitrogen and oxygen atoms in total. The molecule has 1 heterocycles. The first-order valence-corrected chi connectivity index (χ1v) is 11.9. The molecule has 1 fully saturated rings. The number of halogens is 1. The van der Waals surface area contributed by atoms with Crippen molar-refractivity contribution in [3.05, 3.63) is 69.7 Å². The summed E-state index contributed by atoms with van der Waals surface area (Å²) in [6.45, 7) is 9.04. The molecule has 1 aliphatic heterocycles. The third kappa shape index (κ3) is 6.40. The van der Waals surface area contributed by atoms with E-state index in [0.717, 1.165) is 24.1 Å².